The molecule has 1 aromatic heterocycles. The summed E-state index contributed by atoms with van der Waals surface area (Å²) in [5, 5.41) is 29.3. The van der Waals surface area contributed by atoms with E-state index in [1.54, 1.807) is 0 Å². The van der Waals surface area contributed by atoms with E-state index in [0.29, 0.717) is 4.88 Å². The fourth-order valence-corrected chi connectivity index (χ4v) is 2.61. The zero-order valence-corrected chi connectivity index (χ0v) is 10.6. The highest BCUT2D eigenvalue weighted by atomic mass is 32.2. The van der Waals surface area contributed by atoms with Gasteiger partial charge in [-0.3, -0.25) is 4.79 Å². The highest BCUT2D eigenvalue weighted by Gasteiger charge is 2.21. The van der Waals surface area contributed by atoms with Gasteiger partial charge < -0.3 is 15.3 Å². The Hall–Kier alpha value is -0.890. The summed E-state index contributed by atoms with van der Waals surface area (Å²) in [6.07, 6.45) is -2.26. The van der Waals surface area contributed by atoms with Gasteiger partial charge >= 0.3 is 5.97 Å². The van der Waals surface area contributed by atoms with Gasteiger partial charge in [-0.05, 0) is 6.07 Å². The van der Waals surface area contributed by atoms with Crippen molar-refractivity contribution in [3.8, 4) is 0 Å². The number of hydrogen-bond acceptors (Lipinski definition) is 6. The maximum absolute atomic E-state index is 10.7. The molecule has 1 heterocycles. The smallest absolute Gasteiger partial charge is 0.336 e. The third kappa shape index (κ3) is 4.12. The van der Waals surface area contributed by atoms with Crippen LogP contribution in [0.4, 0.5) is 0 Å². The molecule has 0 aliphatic rings. The monoisotopic (exact) mass is 276 g/mol. The largest absolute Gasteiger partial charge is 0.478 e. The molecule has 1 rings (SSSR count). The predicted octanol–water partition coefficient (Wildman–Crippen LogP) is 1.12. The first-order valence-electron chi connectivity index (χ1n) is 4.73. The van der Waals surface area contributed by atoms with Crippen LogP contribution in [0.2, 0.25) is 0 Å². The highest BCUT2D eigenvalue weighted by molar-refractivity contribution is 8.13. The first-order chi connectivity index (χ1) is 7.91. The van der Waals surface area contributed by atoms with E-state index >= 15 is 0 Å². The molecule has 0 saturated carbocycles. The molecule has 0 spiro atoms. The Morgan fingerprint density at radius 1 is 1.47 bits per heavy atom. The molecule has 7 heteroatoms. The summed E-state index contributed by atoms with van der Waals surface area (Å²) >= 11 is 1.98. The molecule has 0 radical (unpaired) electrons. The first kappa shape index (κ1) is 14.2. The molecule has 0 amide bonds. The summed E-state index contributed by atoms with van der Waals surface area (Å²) in [7, 11) is 0. The van der Waals surface area contributed by atoms with E-state index in [1.165, 1.54) is 18.4 Å². The number of carboxylic acid groups (broad SMARTS) is 1. The van der Waals surface area contributed by atoms with E-state index < -0.39 is 18.2 Å². The molecule has 0 aliphatic carbocycles. The second kappa shape index (κ2) is 6.15. The van der Waals surface area contributed by atoms with Crippen LogP contribution in [0.15, 0.2) is 11.4 Å². The van der Waals surface area contributed by atoms with Crippen molar-refractivity contribution >= 4 is 34.2 Å². The van der Waals surface area contributed by atoms with Crippen LogP contribution in [0.3, 0.4) is 0 Å². The van der Waals surface area contributed by atoms with Crippen molar-refractivity contribution in [2.75, 3.05) is 5.75 Å². The lowest BCUT2D eigenvalue weighted by molar-refractivity contribution is -0.109. The van der Waals surface area contributed by atoms with E-state index in [0.717, 1.165) is 23.1 Å². The number of aliphatic hydroxyl groups is 2. The standard InChI is InChI=1S/C10H12O5S2/c1-5(11)16-4-7(12)9(13)8-2-6(3-17-8)10(14)15/h2-3,7,9,12-13H,4H2,1H3,(H,14,15). The molecule has 2 atom stereocenters. The number of carbonyl (C=O) groups excluding carboxylic acids is 1. The fraction of sp³-hybridized carbons (Fsp3) is 0.400. The van der Waals surface area contributed by atoms with E-state index in [4.69, 9.17) is 5.11 Å². The summed E-state index contributed by atoms with van der Waals surface area (Å²) in [5.41, 5.74) is 0.0791. The second-order valence-electron chi connectivity index (χ2n) is 3.36. The Morgan fingerprint density at radius 2 is 2.12 bits per heavy atom. The molecular formula is C10H12O5S2. The molecule has 0 fully saturated rings. The normalized spacial score (nSPS) is 14.3. The van der Waals surface area contributed by atoms with Gasteiger partial charge in [-0.1, -0.05) is 11.8 Å². The molecule has 1 aromatic rings. The Morgan fingerprint density at radius 3 is 2.59 bits per heavy atom. The van der Waals surface area contributed by atoms with E-state index in [2.05, 4.69) is 0 Å². The van der Waals surface area contributed by atoms with Crippen LogP contribution in [0.25, 0.3) is 0 Å². The number of thiophene rings is 1. The number of hydrogen-bond donors (Lipinski definition) is 3. The van der Waals surface area contributed by atoms with Crippen molar-refractivity contribution in [2.45, 2.75) is 19.1 Å². The molecule has 17 heavy (non-hydrogen) atoms. The van der Waals surface area contributed by atoms with Crippen molar-refractivity contribution in [2.24, 2.45) is 0 Å². The summed E-state index contributed by atoms with van der Waals surface area (Å²) in [6, 6.07) is 1.32. The molecule has 0 aliphatic heterocycles. The molecule has 5 nitrogen and oxygen atoms in total. The lowest BCUT2D eigenvalue weighted by atomic mass is 10.2. The minimum atomic E-state index is -1.17. The maximum atomic E-state index is 10.7. The van der Waals surface area contributed by atoms with Gasteiger partial charge in [-0.2, -0.15) is 0 Å². The number of aliphatic hydroxyl groups excluding tert-OH is 2. The topological polar surface area (TPSA) is 94.8 Å². The van der Waals surface area contributed by atoms with Gasteiger partial charge in [-0.15, -0.1) is 11.3 Å². The average Bonchev–Trinajstić information content (AvgIpc) is 2.73. The van der Waals surface area contributed by atoms with Gasteiger partial charge in [0, 0.05) is 22.9 Å². The molecule has 0 saturated heterocycles. The van der Waals surface area contributed by atoms with E-state index in [9.17, 15) is 19.8 Å². The number of aromatic carboxylic acids is 1. The van der Waals surface area contributed by atoms with Crippen LogP contribution in [0, 0.1) is 0 Å². The van der Waals surface area contributed by atoms with Gasteiger partial charge in [0.05, 0.1) is 11.7 Å². The van der Waals surface area contributed by atoms with Gasteiger partial charge in [-0.25, -0.2) is 4.79 Å². The molecule has 0 aromatic carbocycles. The highest BCUT2D eigenvalue weighted by Crippen LogP contribution is 2.26. The molecule has 0 bridgehead atoms. The Labute approximate surface area is 106 Å². The van der Waals surface area contributed by atoms with Crippen LogP contribution < -0.4 is 0 Å². The quantitative estimate of drug-likeness (QED) is 0.746. The van der Waals surface area contributed by atoms with Gasteiger partial charge in [0.25, 0.3) is 0 Å². The first-order valence-corrected chi connectivity index (χ1v) is 6.59. The van der Waals surface area contributed by atoms with Crippen molar-refractivity contribution in [3.05, 3.63) is 21.9 Å². The van der Waals surface area contributed by atoms with Gasteiger partial charge in [0.15, 0.2) is 5.12 Å². The summed E-state index contributed by atoms with van der Waals surface area (Å²) in [5.74, 6) is -0.996. The third-order valence-corrected chi connectivity index (χ3v) is 3.90. The van der Waals surface area contributed by atoms with Crippen molar-refractivity contribution in [3.63, 3.8) is 0 Å². The fourth-order valence-electron chi connectivity index (χ4n) is 1.10. The molecular weight excluding hydrogens is 264 g/mol. The van der Waals surface area contributed by atoms with Crippen LogP contribution >= 0.6 is 23.1 Å². The number of rotatable bonds is 5. The van der Waals surface area contributed by atoms with Crippen molar-refractivity contribution in [1.82, 2.24) is 0 Å². The third-order valence-electron chi connectivity index (χ3n) is 1.98. The number of carboxylic acids is 1. The van der Waals surface area contributed by atoms with Crippen LogP contribution in [-0.2, 0) is 4.79 Å². The van der Waals surface area contributed by atoms with Crippen LogP contribution in [0.5, 0.6) is 0 Å². The minimum Gasteiger partial charge on any atom is -0.478 e. The Bertz CT molecular complexity index is 415. The van der Waals surface area contributed by atoms with Crippen LogP contribution in [0.1, 0.15) is 28.3 Å². The summed E-state index contributed by atoms with van der Waals surface area (Å²) in [6.45, 7) is 1.37. The SMILES string of the molecule is CC(=O)SCC(O)C(O)c1cc(C(=O)O)cs1. The van der Waals surface area contributed by atoms with Gasteiger partial charge in [0.2, 0.25) is 0 Å². The lowest BCUT2D eigenvalue weighted by Crippen LogP contribution is -2.20. The van der Waals surface area contributed by atoms with E-state index in [-0.39, 0.29) is 16.4 Å². The lowest BCUT2D eigenvalue weighted by Gasteiger charge is -2.15. The van der Waals surface area contributed by atoms with Crippen LogP contribution in [-0.4, -0.2) is 38.3 Å². The number of thioether (sulfide) groups is 1. The van der Waals surface area contributed by atoms with E-state index in [1.807, 2.05) is 0 Å². The molecule has 3 N–H and O–H groups in total. The Kier molecular flexibility index (Phi) is 5.13. The molecule has 94 valence electrons. The Balaban J connectivity index is 2.64. The zero-order chi connectivity index (χ0) is 13.0. The van der Waals surface area contributed by atoms with Crippen molar-refractivity contribution < 1.29 is 24.9 Å². The van der Waals surface area contributed by atoms with Gasteiger partial charge in [0.1, 0.15) is 6.10 Å². The molecule has 2 unspecified atom stereocenters. The predicted molar refractivity (Wildman–Crippen MR) is 65.4 cm³/mol. The maximum Gasteiger partial charge on any atom is 0.336 e. The second-order valence-corrected chi connectivity index (χ2v) is 5.50. The minimum absolute atomic E-state index is 0.0791. The zero-order valence-electron chi connectivity index (χ0n) is 8.99. The average molecular weight is 276 g/mol. The van der Waals surface area contributed by atoms with Crippen molar-refractivity contribution in [1.29, 1.82) is 0 Å². The summed E-state index contributed by atoms with van der Waals surface area (Å²) in [4.78, 5) is 21.7. The number of carbonyl (C=O) groups is 2. The summed E-state index contributed by atoms with van der Waals surface area (Å²) < 4.78 is 0.